The van der Waals surface area contributed by atoms with Crippen molar-refractivity contribution in [2.75, 3.05) is 13.2 Å². The van der Waals surface area contributed by atoms with Gasteiger partial charge in [-0.15, -0.1) is 0 Å². The zero-order valence-corrected chi connectivity index (χ0v) is 20.4. The molecule has 6 nitrogen and oxygen atoms in total. The van der Waals surface area contributed by atoms with E-state index in [1.165, 1.54) is 6.08 Å². The zero-order chi connectivity index (χ0) is 25.0. The number of hydrogen-bond donors (Lipinski definition) is 3. The lowest BCUT2D eigenvalue weighted by atomic mass is 10.0. The molecule has 35 heavy (non-hydrogen) atoms. The van der Waals surface area contributed by atoms with Crippen LogP contribution in [0.15, 0.2) is 54.6 Å². The van der Waals surface area contributed by atoms with Crippen LogP contribution in [0.1, 0.15) is 55.2 Å². The third-order valence-corrected chi connectivity index (χ3v) is 5.81. The molecule has 3 rings (SSSR count). The first-order valence-electron chi connectivity index (χ1n) is 11.9. The number of aliphatic hydroxyl groups is 1. The molecule has 1 aliphatic rings. The van der Waals surface area contributed by atoms with Crippen LogP contribution in [0.5, 0.6) is 0 Å². The Labute approximate surface area is 211 Å². The van der Waals surface area contributed by atoms with Crippen molar-refractivity contribution >= 4 is 46.9 Å². The lowest BCUT2D eigenvalue weighted by molar-refractivity contribution is -0.122. The molecule has 0 unspecified atom stereocenters. The average Bonchev–Trinajstić information content (AvgIpc) is 3.67. The number of carbonyl (C=O) groups is 3. The maximum absolute atomic E-state index is 12.8. The maximum atomic E-state index is 12.8. The molecule has 0 heterocycles. The lowest BCUT2D eigenvalue weighted by Gasteiger charge is -2.10. The summed E-state index contributed by atoms with van der Waals surface area (Å²) in [6.07, 6.45) is 9.78. The topological polar surface area (TPSA) is 95.5 Å². The first-order valence-corrected chi connectivity index (χ1v) is 12.3. The van der Waals surface area contributed by atoms with Crippen LogP contribution in [0.25, 0.3) is 17.7 Å². The number of halogens is 1. The number of nitrogens with one attached hydrogen (secondary N) is 2. The van der Waals surface area contributed by atoms with E-state index in [1.807, 2.05) is 42.5 Å². The number of ketones is 1. The van der Waals surface area contributed by atoms with Gasteiger partial charge >= 0.3 is 0 Å². The summed E-state index contributed by atoms with van der Waals surface area (Å²) < 4.78 is 0. The molecular formula is C28H31ClN2O4. The van der Waals surface area contributed by atoms with E-state index in [0.29, 0.717) is 30.0 Å². The van der Waals surface area contributed by atoms with Crippen LogP contribution in [-0.4, -0.2) is 41.9 Å². The molecule has 0 radical (unpaired) electrons. The quantitative estimate of drug-likeness (QED) is 0.218. The van der Waals surface area contributed by atoms with Crippen molar-refractivity contribution in [3.63, 3.8) is 0 Å². The SMILES string of the molecule is O=C(CO)CCCCCNC(=O)/C=C/c1ccc(/C=C(/C(=O)NC2CC2)c2cccc(Cl)c2)cc1. The molecule has 0 aromatic heterocycles. The van der Waals surface area contributed by atoms with Gasteiger partial charge in [0, 0.05) is 35.7 Å². The summed E-state index contributed by atoms with van der Waals surface area (Å²) >= 11 is 6.15. The Morgan fingerprint density at radius 1 is 1.00 bits per heavy atom. The number of Topliss-reactive ketones (excluding diaryl/α,β-unsaturated/α-hetero) is 1. The monoisotopic (exact) mass is 494 g/mol. The molecule has 0 spiro atoms. The molecule has 1 fully saturated rings. The molecule has 7 heteroatoms. The minimum Gasteiger partial charge on any atom is -0.389 e. The maximum Gasteiger partial charge on any atom is 0.252 e. The van der Waals surface area contributed by atoms with Crippen molar-refractivity contribution in [3.8, 4) is 0 Å². The Bertz CT molecular complexity index is 1090. The average molecular weight is 495 g/mol. The van der Waals surface area contributed by atoms with Gasteiger partial charge < -0.3 is 15.7 Å². The summed E-state index contributed by atoms with van der Waals surface area (Å²) in [6.45, 7) is 0.132. The molecule has 2 aromatic carbocycles. The van der Waals surface area contributed by atoms with Crippen LogP contribution in [0.3, 0.4) is 0 Å². The molecule has 1 aliphatic carbocycles. The van der Waals surface area contributed by atoms with Gasteiger partial charge in [-0.05, 0) is 66.7 Å². The standard InChI is InChI=1S/C28H31ClN2O4/c29-23-6-4-5-22(18-23)26(28(35)31-24-13-14-24)17-21-10-8-20(9-11-21)12-15-27(34)30-16-3-1-2-7-25(33)19-32/h4-6,8-12,15,17-18,24,32H,1-3,7,13-14,16,19H2,(H,30,34)(H,31,35)/b15-12+,26-17+. The van der Waals surface area contributed by atoms with E-state index in [1.54, 1.807) is 18.2 Å². The van der Waals surface area contributed by atoms with E-state index in [0.717, 1.165) is 42.4 Å². The number of aliphatic hydroxyl groups excluding tert-OH is 1. The predicted octanol–water partition coefficient (Wildman–Crippen LogP) is 4.41. The van der Waals surface area contributed by atoms with E-state index in [2.05, 4.69) is 10.6 Å². The molecule has 0 bridgehead atoms. The van der Waals surface area contributed by atoms with Crippen molar-refractivity contribution in [2.45, 2.75) is 44.6 Å². The van der Waals surface area contributed by atoms with Gasteiger partial charge in [0.15, 0.2) is 5.78 Å². The normalized spacial score (nSPS) is 13.6. The second kappa shape index (κ2) is 13.6. The van der Waals surface area contributed by atoms with Crippen LogP contribution < -0.4 is 10.6 Å². The summed E-state index contributed by atoms with van der Waals surface area (Å²) in [5.41, 5.74) is 3.05. The molecule has 184 valence electrons. The molecule has 0 atom stereocenters. The van der Waals surface area contributed by atoms with Gasteiger partial charge in [0.05, 0.1) is 0 Å². The van der Waals surface area contributed by atoms with Crippen molar-refractivity contribution in [1.29, 1.82) is 0 Å². The Hall–Kier alpha value is -3.22. The Morgan fingerprint density at radius 2 is 1.74 bits per heavy atom. The van der Waals surface area contributed by atoms with Crippen LogP contribution >= 0.6 is 11.6 Å². The largest absolute Gasteiger partial charge is 0.389 e. The summed E-state index contributed by atoms with van der Waals surface area (Å²) in [4.78, 5) is 35.9. The van der Waals surface area contributed by atoms with Crippen molar-refractivity contribution in [3.05, 3.63) is 76.3 Å². The summed E-state index contributed by atoms with van der Waals surface area (Å²) in [5.74, 6) is -0.448. The van der Waals surface area contributed by atoms with E-state index in [-0.39, 0.29) is 23.6 Å². The Balaban J connectivity index is 1.55. The number of unbranched alkanes of at least 4 members (excludes halogenated alkanes) is 2. The summed E-state index contributed by atoms with van der Waals surface area (Å²) in [5, 5.41) is 15.1. The van der Waals surface area contributed by atoms with Gasteiger partial charge in [0.1, 0.15) is 6.61 Å². The highest BCUT2D eigenvalue weighted by Crippen LogP contribution is 2.25. The molecule has 2 aromatic rings. The van der Waals surface area contributed by atoms with Crippen molar-refractivity contribution < 1.29 is 19.5 Å². The third kappa shape index (κ3) is 9.51. The van der Waals surface area contributed by atoms with Crippen LogP contribution in [0.2, 0.25) is 5.02 Å². The minimum absolute atomic E-state index is 0.115. The highest BCUT2D eigenvalue weighted by atomic mass is 35.5. The Morgan fingerprint density at radius 3 is 2.43 bits per heavy atom. The molecular weight excluding hydrogens is 464 g/mol. The van der Waals surface area contributed by atoms with E-state index in [4.69, 9.17) is 16.7 Å². The minimum atomic E-state index is -0.405. The fourth-order valence-corrected chi connectivity index (χ4v) is 3.63. The highest BCUT2D eigenvalue weighted by Gasteiger charge is 2.25. The number of amides is 2. The molecule has 0 saturated heterocycles. The number of hydrogen-bond acceptors (Lipinski definition) is 4. The van der Waals surface area contributed by atoms with E-state index >= 15 is 0 Å². The van der Waals surface area contributed by atoms with Gasteiger partial charge in [0.2, 0.25) is 5.91 Å². The highest BCUT2D eigenvalue weighted by molar-refractivity contribution is 6.31. The Kier molecular flexibility index (Phi) is 10.3. The predicted molar refractivity (Wildman–Crippen MR) is 140 cm³/mol. The van der Waals surface area contributed by atoms with Gasteiger partial charge in [-0.25, -0.2) is 0 Å². The lowest BCUT2D eigenvalue weighted by Crippen LogP contribution is -2.26. The third-order valence-electron chi connectivity index (χ3n) is 5.58. The van der Waals surface area contributed by atoms with E-state index < -0.39 is 6.61 Å². The van der Waals surface area contributed by atoms with Crippen LogP contribution in [0.4, 0.5) is 0 Å². The molecule has 1 saturated carbocycles. The first kappa shape index (κ1) is 26.4. The van der Waals surface area contributed by atoms with Crippen molar-refractivity contribution in [1.82, 2.24) is 10.6 Å². The number of benzene rings is 2. The van der Waals surface area contributed by atoms with Crippen LogP contribution in [0, 0.1) is 0 Å². The summed E-state index contributed by atoms with van der Waals surface area (Å²) in [6, 6.07) is 15.1. The number of rotatable bonds is 13. The molecule has 3 N–H and O–H groups in total. The molecule has 0 aliphatic heterocycles. The van der Waals surface area contributed by atoms with Gasteiger partial charge in [0.25, 0.3) is 5.91 Å². The fourth-order valence-electron chi connectivity index (χ4n) is 3.44. The summed E-state index contributed by atoms with van der Waals surface area (Å²) in [7, 11) is 0. The number of carbonyl (C=O) groups excluding carboxylic acids is 3. The van der Waals surface area contributed by atoms with E-state index in [9.17, 15) is 14.4 Å². The smallest absolute Gasteiger partial charge is 0.252 e. The second-order valence-corrected chi connectivity index (χ2v) is 9.05. The van der Waals surface area contributed by atoms with Gasteiger partial charge in [-0.3, -0.25) is 14.4 Å². The van der Waals surface area contributed by atoms with Crippen LogP contribution in [-0.2, 0) is 14.4 Å². The second-order valence-electron chi connectivity index (χ2n) is 8.61. The zero-order valence-electron chi connectivity index (χ0n) is 19.6. The first-order chi connectivity index (χ1) is 16.9. The van der Waals surface area contributed by atoms with Gasteiger partial charge in [-0.1, -0.05) is 54.4 Å². The van der Waals surface area contributed by atoms with Crippen molar-refractivity contribution in [2.24, 2.45) is 0 Å². The fraction of sp³-hybridized carbons (Fsp3) is 0.321. The van der Waals surface area contributed by atoms with Gasteiger partial charge in [-0.2, -0.15) is 0 Å². The molecule has 2 amide bonds.